The Bertz CT molecular complexity index is 163. The summed E-state index contributed by atoms with van der Waals surface area (Å²) in [5.41, 5.74) is 4.30. The second-order valence-electron chi connectivity index (χ2n) is 3.81. The van der Waals surface area contributed by atoms with Crippen LogP contribution >= 0.6 is 0 Å². The predicted octanol–water partition coefficient (Wildman–Crippen LogP) is -0.437. The van der Waals surface area contributed by atoms with E-state index in [0.717, 1.165) is 0 Å². The summed E-state index contributed by atoms with van der Waals surface area (Å²) in [5.74, 6) is -0.373. The molecule has 0 aromatic rings. The van der Waals surface area contributed by atoms with Gasteiger partial charge >= 0.3 is 0 Å². The first-order chi connectivity index (χ1) is 5.24. The number of hydrogen-bond acceptors (Lipinski definition) is 3. The Morgan fingerprint density at radius 1 is 1.67 bits per heavy atom. The molecule has 0 aromatic heterocycles. The van der Waals surface area contributed by atoms with Crippen LogP contribution in [-0.2, 0) is 4.79 Å². The fourth-order valence-electron chi connectivity index (χ4n) is 0.964. The van der Waals surface area contributed by atoms with E-state index >= 15 is 0 Å². The van der Waals surface area contributed by atoms with E-state index in [9.17, 15) is 9.90 Å². The summed E-state index contributed by atoms with van der Waals surface area (Å²) < 4.78 is 0. The third kappa shape index (κ3) is 4.31. The molecular weight excluding hydrogens is 156 g/mol. The fraction of sp³-hybridized carbons (Fsp3) is 0.875. The van der Waals surface area contributed by atoms with Crippen LogP contribution < -0.4 is 5.73 Å². The third-order valence-corrected chi connectivity index (χ3v) is 1.71. The number of likely N-dealkylation sites (N-methyl/N-ethyl adjacent to an activating group) is 1. The molecule has 3 N–H and O–H groups in total. The summed E-state index contributed by atoms with van der Waals surface area (Å²) in [6, 6.07) is -0.337. The Kier molecular flexibility index (Phi) is 3.67. The largest absolute Gasteiger partial charge is 0.389 e. The molecular formula is C8H18N2O2. The topological polar surface area (TPSA) is 66.6 Å². The Morgan fingerprint density at radius 2 is 2.08 bits per heavy atom. The van der Waals surface area contributed by atoms with Gasteiger partial charge in [0.05, 0.1) is 11.6 Å². The molecule has 0 saturated carbocycles. The van der Waals surface area contributed by atoms with Gasteiger partial charge in [-0.1, -0.05) is 0 Å². The van der Waals surface area contributed by atoms with Gasteiger partial charge in [0.15, 0.2) is 0 Å². The van der Waals surface area contributed by atoms with Crippen LogP contribution in [-0.4, -0.2) is 41.1 Å². The van der Waals surface area contributed by atoms with E-state index in [0.29, 0.717) is 6.54 Å². The van der Waals surface area contributed by atoms with Crippen LogP contribution in [0.25, 0.3) is 0 Å². The van der Waals surface area contributed by atoms with Crippen LogP contribution in [0.3, 0.4) is 0 Å². The number of carbonyl (C=O) groups is 1. The Hall–Kier alpha value is -0.610. The molecule has 0 aliphatic heterocycles. The zero-order valence-corrected chi connectivity index (χ0v) is 8.16. The second-order valence-corrected chi connectivity index (χ2v) is 3.81. The first-order valence-corrected chi connectivity index (χ1v) is 3.96. The summed E-state index contributed by atoms with van der Waals surface area (Å²) in [7, 11) is 1.76. The van der Waals surface area contributed by atoms with Gasteiger partial charge in [0, 0.05) is 6.54 Å². The molecule has 72 valence electrons. The smallest absolute Gasteiger partial charge is 0.234 e. The Morgan fingerprint density at radius 3 is 2.33 bits per heavy atom. The summed E-state index contributed by atoms with van der Waals surface area (Å²) >= 11 is 0. The van der Waals surface area contributed by atoms with E-state index in [1.807, 2.05) is 0 Å². The molecule has 0 saturated heterocycles. The van der Waals surface area contributed by atoms with E-state index in [1.54, 1.807) is 32.7 Å². The molecule has 12 heavy (non-hydrogen) atoms. The van der Waals surface area contributed by atoms with Gasteiger partial charge in [0.1, 0.15) is 0 Å². The van der Waals surface area contributed by atoms with E-state index in [1.165, 1.54) is 0 Å². The quantitative estimate of drug-likeness (QED) is 0.607. The highest BCUT2D eigenvalue weighted by Gasteiger charge is 2.21. The summed E-state index contributed by atoms with van der Waals surface area (Å²) in [6.07, 6.45) is 0. The second kappa shape index (κ2) is 3.87. The van der Waals surface area contributed by atoms with E-state index in [-0.39, 0.29) is 11.9 Å². The van der Waals surface area contributed by atoms with Crippen molar-refractivity contribution in [2.24, 2.45) is 5.73 Å². The van der Waals surface area contributed by atoms with Crippen molar-refractivity contribution in [1.82, 2.24) is 4.90 Å². The highest BCUT2D eigenvalue weighted by atomic mass is 16.3. The zero-order valence-electron chi connectivity index (χ0n) is 8.16. The molecule has 1 atom stereocenters. The van der Waals surface area contributed by atoms with Crippen molar-refractivity contribution in [1.29, 1.82) is 0 Å². The Labute approximate surface area is 73.3 Å². The van der Waals surface area contributed by atoms with Gasteiger partial charge in [0.2, 0.25) is 5.91 Å². The Balaban J connectivity index is 4.04. The van der Waals surface area contributed by atoms with Crippen molar-refractivity contribution in [2.45, 2.75) is 32.4 Å². The minimum Gasteiger partial charge on any atom is -0.389 e. The number of nitrogens with zero attached hydrogens (tertiary/aromatic N) is 1. The number of aliphatic hydroxyl groups is 1. The molecule has 0 bridgehead atoms. The highest BCUT2D eigenvalue weighted by Crippen LogP contribution is 2.05. The molecule has 0 spiro atoms. The van der Waals surface area contributed by atoms with Crippen molar-refractivity contribution in [3.63, 3.8) is 0 Å². The van der Waals surface area contributed by atoms with Crippen molar-refractivity contribution >= 4 is 5.91 Å². The minimum atomic E-state index is -0.793. The average Bonchev–Trinajstić information content (AvgIpc) is 1.82. The lowest BCUT2D eigenvalue weighted by Gasteiger charge is -2.28. The van der Waals surface area contributed by atoms with Gasteiger partial charge in [-0.3, -0.25) is 9.69 Å². The number of carbonyl (C=O) groups excluding carboxylic acids is 1. The molecule has 1 unspecified atom stereocenters. The molecule has 0 rings (SSSR count). The zero-order chi connectivity index (χ0) is 9.94. The summed E-state index contributed by atoms with van der Waals surface area (Å²) in [5, 5.41) is 9.42. The molecule has 0 heterocycles. The van der Waals surface area contributed by atoms with Crippen LogP contribution in [0.2, 0.25) is 0 Å². The summed E-state index contributed by atoms with van der Waals surface area (Å²) in [6.45, 7) is 5.53. The van der Waals surface area contributed by atoms with Gasteiger partial charge in [-0.05, 0) is 27.8 Å². The lowest BCUT2D eigenvalue weighted by atomic mass is 10.1. The monoisotopic (exact) mass is 174 g/mol. The number of amides is 1. The molecule has 0 aliphatic carbocycles. The van der Waals surface area contributed by atoms with E-state index < -0.39 is 5.60 Å². The maximum atomic E-state index is 10.7. The van der Waals surface area contributed by atoms with Gasteiger partial charge < -0.3 is 10.8 Å². The summed E-state index contributed by atoms with van der Waals surface area (Å²) in [4.78, 5) is 12.5. The molecule has 0 aromatic carbocycles. The minimum absolute atomic E-state index is 0.337. The standard InChI is InChI=1S/C8H18N2O2/c1-6(7(9)11)10(4)5-8(2,3)12/h6,12H,5H2,1-4H3,(H2,9,11). The van der Waals surface area contributed by atoms with Gasteiger partial charge in [0.25, 0.3) is 0 Å². The maximum Gasteiger partial charge on any atom is 0.234 e. The van der Waals surface area contributed by atoms with Gasteiger partial charge in [-0.2, -0.15) is 0 Å². The molecule has 4 heteroatoms. The number of hydrogen-bond donors (Lipinski definition) is 2. The molecule has 1 amide bonds. The van der Waals surface area contributed by atoms with Crippen molar-refractivity contribution in [3.8, 4) is 0 Å². The maximum absolute atomic E-state index is 10.7. The van der Waals surface area contributed by atoms with Crippen LogP contribution in [0.5, 0.6) is 0 Å². The van der Waals surface area contributed by atoms with Crippen molar-refractivity contribution in [2.75, 3.05) is 13.6 Å². The predicted molar refractivity (Wildman–Crippen MR) is 47.6 cm³/mol. The van der Waals surface area contributed by atoms with Crippen LogP contribution in [0, 0.1) is 0 Å². The average molecular weight is 174 g/mol. The van der Waals surface area contributed by atoms with Gasteiger partial charge in [-0.25, -0.2) is 0 Å². The van der Waals surface area contributed by atoms with E-state index in [4.69, 9.17) is 5.73 Å². The number of nitrogens with two attached hydrogens (primary N) is 1. The lowest BCUT2D eigenvalue weighted by molar-refractivity contribution is -0.123. The number of primary amides is 1. The first kappa shape index (κ1) is 11.4. The molecule has 0 radical (unpaired) electrons. The molecule has 0 fully saturated rings. The number of rotatable bonds is 4. The van der Waals surface area contributed by atoms with Crippen molar-refractivity contribution in [3.05, 3.63) is 0 Å². The van der Waals surface area contributed by atoms with E-state index in [2.05, 4.69) is 0 Å². The first-order valence-electron chi connectivity index (χ1n) is 3.96. The van der Waals surface area contributed by atoms with Crippen LogP contribution in [0.15, 0.2) is 0 Å². The normalized spacial score (nSPS) is 14.8. The fourth-order valence-corrected chi connectivity index (χ4v) is 0.964. The van der Waals surface area contributed by atoms with Crippen molar-refractivity contribution < 1.29 is 9.90 Å². The van der Waals surface area contributed by atoms with Gasteiger partial charge in [-0.15, -0.1) is 0 Å². The molecule has 4 nitrogen and oxygen atoms in total. The third-order valence-electron chi connectivity index (χ3n) is 1.71. The SMILES string of the molecule is CC(C(N)=O)N(C)CC(C)(C)O. The highest BCUT2D eigenvalue weighted by molar-refractivity contribution is 5.79. The lowest BCUT2D eigenvalue weighted by Crippen LogP contribution is -2.46. The molecule has 0 aliphatic rings. The van der Waals surface area contributed by atoms with Crippen LogP contribution in [0.4, 0.5) is 0 Å². The van der Waals surface area contributed by atoms with Crippen LogP contribution in [0.1, 0.15) is 20.8 Å².